The molecule has 0 aromatic carbocycles. The summed E-state index contributed by atoms with van der Waals surface area (Å²) in [5.41, 5.74) is 0. The Kier molecular flexibility index (Phi) is 5.42. The van der Waals surface area contributed by atoms with Crippen LogP contribution in [0.5, 0.6) is 0 Å². The van der Waals surface area contributed by atoms with Crippen molar-refractivity contribution in [2.75, 3.05) is 32.4 Å². The second-order valence-electron chi connectivity index (χ2n) is 4.70. The van der Waals surface area contributed by atoms with Gasteiger partial charge in [0.1, 0.15) is 0 Å². The average molecular weight is 288 g/mol. The highest BCUT2D eigenvalue weighted by Crippen LogP contribution is 2.19. The van der Waals surface area contributed by atoms with E-state index in [2.05, 4.69) is 5.32 Å². The van der Waals surface area contributed by atoms with Gasteiger partial charge >= 0.3 is 6.18 Å². The molecule has 1 aliphatic heterocycles. The van der Waals surface area contributed by atoms with Gasteiger partial charge in [0.05, 0.1) is 12.7 Å². The van der Waals surface area contributed by atoms with Gasteiger partial charge in [-0.1, -0.05) is 0 Å². The fourth-order valence-electron chi connectivity index (χ4n) is 2.03. The number of alkyl halides is 3. The van der Waals surface area contributed by atoms with E-state index in [0.717, 1.165) is 19.1 Å². The molecule has 1 heterocycles. The number of hydrogen-bond donors (Lipinski definition) is 1. The third kappa shape index (κ3) is 6.01. The van der Waals surface area contributed by atoms with Gasteiger partial charge in [-0.2, -0.15) is 13.2 Å². The maximum atomic E-state index is 11.9. The summed E-state index contributed by atoms with van der Waals surface area (Å²) in [6.07, 6.45) is -2.22. The predicted octanol–water partition coefficient (Wildman–Crippen LogP) is 1.20. The number of halogens is 3. The van der Waals surface area contributed by atoms with E-state index in [9.17, 15) is 21.6 Å². The SMILES string of the molecule is CS(=O)(=O)N1CCCC(CNCCC(F)(F)F)C1. The smallest absolute Gasteiger partial charge is 0.316 e. The maximum absolute atomic E-state index is 11.9. The van der Waals surface area contributed by atoms with Crippen LogP contribution < -0.4 is 5.32 Å². The van der Waals surface area contributed by atoms with Gasteiger partial charge in [0, 0.05) is 19.6 Å². The summed E-state index contributed by atoms with van der Waals surface area (Å²) in [6.45, 7) is 1.23. The Morgan fingerprint density at radius 3 is 2.61 bits per heavy atom. The molecule has 0 bridgehead atoms. The zero-order chi connectivity index (χ0) is 13.8. The van der Waals surface area contributed by atoms with Gasteiger partial charge in [-0.15, -0.1) is 0 Å². The van der Waals surface area contributed by atoms with E-state index in [0.29, 0.717) is 19.6 Å². The van der Waals surface area contributed by atoms with Crippen LogP contribution in [0.15, 0.2) is 0 Å². The highest BCUT2D eigenvalue weighted by Gasteiger charge is 2.27. The number of nitrogens with one attached hydrogen (secondary N) is 1. The van der Waals surface area contributed by atoms with Crippen molar-refractivity contribution in [1.82, 2.24) is 9.62 Å². The van der Waals surface area contributed by atoms with E-state index in [1.165, 1.54) is 4.31 Å². The Morgan fingerprint density at radius 2 is 2.06 bits per heavy atom. The molecule has 1 aliphatic rings. The molecule has 1 rings (SSSR count). The lowest BCUT2D eigenvalue weighted by molar-refractivity contribution is -0.133. The van der Waals surface area contributed by atoms with Gasteiger partial charge in [-0.25, -0.2) is 12.7 Å². The number of piperidine rings is 1. The van der Waals surface area contributed by atoms with E-state index < -0.39 is 22.6 Å². The summed E-state index contributed by atoms with van der Waals surface area (Å²) in [7, 11) is -3.19. The monoisotopic (exact) mass is 288 g/mol. The van der Waals surface area contributed by atoms with Crippen molar-refractivity contribution in [3.63, 3.8) is 0 Å². The van der Waals surface area contributed by atoms with Crippen molar-refractivity contribution in [1.29, 1.82) is 0 Å². The minimum atomic E-state index is -4.14. The van der Waals surface area contributed by atoms with Crippen LogP contribution in [0.25, 0.3) is 0 Å². The molecule has 0 saturated carbocycles. The first-order valence-electron chi connectivity index (χ1n) is 5.91. The van der Waals surface area contributed by atoms with Crippen molar-refractivity contribution in [2.45, 2.75) is 25.4 Å². The highest BCUT2D eigenvalue weighted by atomic mass is 32.2. The number of sulfonamides is 1. The van der Waals surface area contributed by atoms with Crippen LogP contribution in [0.2, 0.25) is 0 Å². The van der Waals surface area contributed by atoms with E-state index in [1.807, 2.05) is 0 Å². The fraction of sp³-hybridized carbons (Fsp3) is 1.00. The van der Waals surface area contributed by atoms with Gasteiger partial charge in [0.15, 0.2) is 0 Å². The minimum absolute atomic E-state index is 0.0988. The summed E-state index contributed by atoms with van der Waals surface area (Å²) in [5.74, 6) is 0.0988. The van der Waals surface area contributed by atoms with Gasteiger partial charge in [-0.3, -0.25) is 0 Å². The molecule has 0 aromatic rings. The van der Waals surface area contributed by atoms with Gasteiger partial charge in [0.2, 0.25) is 10.0 Å². The first-order chi connectivity index (χ1) is 8.18. The van der Waals surface area contributed by atoms with Crippen LogP contribution in [-0.2, 0) is 10.0 Å². The summed E-state index contributed by atoms with van der Waals surface area (Å²) in [6, 6.07) is 0. The van der Waals surface area contributed by atoms with Gasteiger partial charge in [0.25, 0.3) is 0 Å². The number of nitrogens with zero attached hydrogens (tertiary/aromatic N) is 1. The topological polar surface area (TPSA) is 49.4 Å². The molecule has 0 aliphatic carbocycles. The average Bonchev–Trinajstić information content (AvgIpc) is 2.22. The number of rotatable bonds is 5. The van der Waals surface area contributed by atoms with Crippen molar-refractivity contribution < 1.29 is 21.6 Å². The molecule has 4 nitrogen and oxygen atoms in total. The molecule has 1 atom stereocenters. The summed E-state index contributed by atoms with van der Waals surface area (Å²) in [5, 5.41) is 2.74. The molecular weight excluding hydrogens is 269 g/mol. The molecular formula is C10H19F3N2O2S. The van der Waals surface area contributed by atoms with E-state index >= 15 is 0 Å². The van der Waals surface area contributed by atoms with Crippen LogP contribution in [0, 0.1) is 5.92 Å². The van der Waals surface area contributed by atoms with Gasteiger partial charge in [-0.05, 0) is 25.3 Å². The van der Waals surface area contributed by atoms with E-state index in [-0.39, 0.29) is 12.5 Å². The molecule has 0 radical (unpaired) electrons. The lowest BCUT2D eigenvalue weighted by atomic mass is 10.00. The molecule has 0 spiro atoms. The molecule has 1 unspecified atom stereocenters. The van der Waals surface area contributed by atoms with Crippen LogP contribution >= 0.6 is 0 Å². The third-order valence-electron chi connectivity index (χ3n) is 2.97. The summed E-state index contributed by atoms with van der Waals surface area (Å²) < 4.78 is 59.8. The van der Waals surface area contributed by atoms with Crippen molar-refractivity contribution >= 4 is 10.0 Å². The molecule has 0 aromatic heterocycles. The normalized spacial score (nSPS) is 23.2. The number of hydrogen-bond acceptors (Lipinski definition) is 3. The lowest BCUT2D eigenvalue weighted by Crippen LogP contribution is -2.42. The molecule has 1 fully saturated rings. The largest absolute Gasteiger partial charge is 0.390 e. The van der Waals surface area contributed by atoms with Crippen LogP contribution in [0.3, 0.4) is 0 Å². The molecule has 1 N–H and O–H groups in total. The molecule has 18 heavy (non-hydrogen) atoms. The Balaban J connectivity index is 2.27. The summed E-state index contributed by atoms with van der Waals surface area (Å²) in [4.78, 5) is 0. The first-order valence-corrected chi connectivity index (χ1v) is 7.76. The maximum Gasteiger partial charge on any atom is 0.390 e. The zero-order valence-corrected chi connectivity index (χ0v) is 11.1. The Labute approximate surface area is 106 Å². The van der Waals surface area contributed by atoms with Crippen LogP contribution in [-0.4, -0.2) is 51.3 Å². The fourth-order valence-corrected chi connectivity index (χ4v) is 2.97. The van der Waals surface area contributed by atoms with Gasteiger partial charge < -0.3 is 5.32 Å². The summed E-state index contributed by atoms with van der Waals surface area (Å²) >= 11 is 0. The quantitative estimate of drug-likeness (QED) is 0.773. The van der Waals surface area contributed by atoms with Crippen LogP contribution in [0.1, 0.15) is 19.3 Å². The van der Waals surface area contributed by atoms with Crippen molar-refractivity contribution in [3.05, 3.63) is 0 Å². The highest BCUT2D eigenvalue weighted by molar-refractivity contribution is 7.88. The Hall–Kier alpha value is -0.340. The molecule has 1 saturated heterocycles. The van der Waals surface area contributed by atoms with E-state index in [1.54, 1.807) is 0 Å². The Morgan fingerprint density at radius 1 is 1.39 bits per heavy atom. The molecule has 108 valence electrons. The second kappa shape index (κ2) is 6.21. The van der Waals surface area contributed by atoms with Crippen LogP contribution in [0.4, 0.5) is 13.2 Å². The van der Waals surface area contributed by atoms with Crippen molar-refractivity contribution in [2.24, 2.45) is 5.92 Å². The first kappa shape index (κ1) is 15.7. The standard InChI is InChI=1S/C10H19F3N2O2S/c1-18(16,17)15-6-2-3-9(8-15)7-14-5-4-10(11,12)13/h9,14H,2-8H2,1H3. The second-order valence-corrected chi connectivity index (χ2v) is 6.68. The third-order valence-corrected chi connectivity index (χ3v) is 4.24. The lowest BCUT2D eigenvalue weighted by Gasteiger charge is -2.31. The Bertz CT molecular complexity index is 357. The minimum Gasteiger partial charge on any atom is -0.316 e. The molecule has 0 amide bonds. The predicted molar refractivity (Wildman–Crippen MR) is 62.7 cm³/mol. The van der Waals surface area contributed by atoms with Crippen molar-refractivity contribution in [3.8, 4) is 0 Å². The zero-order valence-electron chi connectivity index (χ0n) is 10.3. The molecule has 8 heteroatoms. The van der Waals surface area contributed by atoms with E-state index in [4.69, 9.17) is 0 Å².